The molecule has 34 heavy (non-hydrogen) atoms. The van der Waals surface area contributed by atoms with E-state index < -0.39 is 22.0 Å². The number of anilines is 1. The number of para-hydroxylation sites is 1. The Balaban J connectivity index is 1.73. The first-order chi connectivity index (χ1) is 16.2. The lowest BCUT2D eigenvalue weighted by Crippen LogP contribution is -2.48. The fourth-order valence-electron chi connectivity index (χ4n) is 3.53. The molecule has 2 atom stereocenters. The van der Waals surface area contributed by atoms with Gasteiger partial charge >= 0.3 is 0 Å². The number of benzene rings is 3. The quantitative estimate of drug-likeness (QED) is 0.444. The van der Waals surface area contributed by atoms with Crippen molar-refractivity contribution >= 4 is 21.6 Å². The summed E-state index contributed by atoms with van der Waals surface area (Å²) in [6.45, 7) is 5.90. The lowest BCUT2D eigenvalue weighted by Gasteiger charge is -2.29. The van der Waals surface area contributed by atoms with Crippen molar-refractivity contribution in [2.45, 2.75) is 32.9 Å². The Labute approximate surface area is 201 Å². The second-order valence-electron chi connectivity index (χ2n) is 7.88. The summed E-state index contributed by atoms with van der Waals surface area (Å²) in [7, 11) is -3.73. The van der Waals surface area contributed by atoms with Gasteiger partial charge in [0.2, 0.25) is 15.9 Å². The molecular formula is C26H30N2O5S. The van der Waals surface area contributed by atoms with Crippen molar-refractivity contribution in [2.24, 2.45) is 0 Å². The van der Waals surface area contributed by atoms with Gasteiger partial charge in [-0.15, -0.1) is 0 Å². The van der Waals surface area contributed by atoms with Crippen molar-refractivity contribution in [3.05, 3.63) is 84.4 Å². The van der Waals surface area contributed by atoms with Gasteiger partial charge in [-0.05, 0) is 74.9 Å². The lowest BCUT2D eigenvalue weighted by atomic mass is 10.1. The molecule has 0 bridgehead atoms. The van der Waals surface area contributed by atoms with Crippen LogP contribution in [0.25, 0.3) is 0 Å². The minimum atomic E-state index is -3.73. The highest BCUT2D eigenvalue weighted by molar-refractivity contribution is 7.92. The Morgan fingerprint density at radius 1 is 0.882 bits per heavy atom. The minimum absolute atomic E-state index is 0.311. The Morgan fingerprint density at radius 3 is 2.00 bits per heavy atom. The van der Waals surface area contributed by atoms with Gasteiger partial charge in [-0.25, -0.2) is 8.42 Å². The number of carbonyl (C=O) groups is 1. The topological polar surface area (TPSA) is 84.9 Å². The number of sulfonamides is 1. The molecule has 8 heteroatoms. The van der Waals surface area contributed by atoms with Crippen molar-refractivity contribution in [1.82, 2.24) is 5.32 Å². The molecule has 0 aliphatic carbocycles. The molecule has 0 radical (unpaired) electrons. The van der Waals surface area contributed by atoms with Crippen LogP contribution >= 0.6 is 0 Å². The zero-order chi connectivity index (χ0) is 24.7. The van der Waals surface area contributed by atoms with Crippen molar-refractivity contribution in [3.8, 4) is 17.2 Å². The molecule has 7 nitrogen and oxygen atoms in total. The van der Waals surface area contributed by atoms with E-state index in [4.69, 9.17) is 9.47 Å². The fourth-order valence-corrected chi connectivity index (χ4v) is 4.71. The van der Waals surface area contributed by atoms with Crippen LogP contribution in [0.2, 0.25) is 0 Å². The number of ether oxygens (including phenoxy) is 2. The third-order valence-electron chi connectivity index (χ3n) is 5.21. The van der Waals surface area contributed by atoms with Gasteiger partial charge in [-0.1, -0.05) is 30.3 Å². The van der Waals surface area contributed by atoms with Crippen LogP contribution in [-0.4, -0.2) is 33.2 Å². The number of nitrogens with one attached hydrogen (secondary N) is 1. The van der Waals surface area contributed by atoms with Gasteiger partial charge in [0.05, 0.1) is 24.6 Å². The zero-order valence-electron chi connectivity index (χ0n) is 19.8. The number of hydrogen-bond acceptors (Lipinski definition) is 5. The summed E-state index contributed by atoms with van der Waals surface area (Å²) in [5.74, 6) is 1.58. The molecule has 0 spiro atoms. The van der Waals surface area contributed by atoms with Crippen LogP contribution in [0.15, 0.2) is 78.9 Å². The molecule has 1 amide bonds. The lowest BCUT2D eigenvalue weighted by molar-refractivity contribution is -0.122. The first-order valence-electron chi connectivity index (χ1n) is 11.0. The fraction of sp³-hybridized carbons (Fsp3) is 0.269. The molecule has 0 aromatic heterocycles. The highest BCUT2D eigenvalue weighted by atomic mass is 32.2. The molecule has 0 fully saturated rings. The van der Waals surface area contributed by atoms with E-state index in [2.05, 4.69) is 5.32 Å². The van der Waals surface area contributed by atoms with E-state index in [1.54, 1.807) is 31.2 Å². The molecule has 0 unspecified atom stereocenters. The molecule has 3 aromatic carbocycles. The average molecular weight is 483 g/mol. The van der Waals surface area contributed by atoms with E-state index in [1.165, 1.54) is 0 Å². The second-order valence-corrected chi connectivity index (χ2v) is 9.74. The number of amides is 1. The van der Waals surface area contributed by atoms with E-state index in [-0.39, 0.29) is 6.04 Å². The summed E-state index contributed by atoms with van der Waals surface area (Å²) in [5.41, 5.74) is 1.26. The van der Waals surface area contributed by atoms with Crippen LogP contribution in [0, 0.1) is 0 Å². The van der Waals surface area contributed by atoms with Crippen molar-refractivity contribution < 1.29 is 22.7 Å². The molecular weight excluding hydrogens is 452 g/mol. The predicted molar refractivity (Wildman–Crippen MR) is 134 cm³/mol. The highest BCUT2D eigenvalue weighted by Crippen LogP contribution is 2.27. The SMILES string of the molecule is CCOc1ccc([C@H](C)NC(=O)[C@@H](C)N(c2ccc(Oc3ccccc3)cc2)S(C)(=O)=O)cc1. The molecule has 0 aliphatic rings. The largest absolute Gasteiger partial charge is 0.494 e. The summed E-state index contributed by atoms with van der Waals surface area (Å²) in [4.78, 5) is 13.0. The second kappa shape index (κ2) is 11.1. The van der Waals surface area contributed by atoms with Crippen LogP contribution in [0.5, 0.6) is 17.2 Å². The molecule has 1 N–H and O–H groups in total. The van der Waals surface area contributed by atoms with Gasteiger partial charge in [0.25, 0.3) is 0 Å². The van der Waals surface area contributed by atoms with E-state index in [0.717, 1.165) is 21.9 Å². The number of carbonyl (C=O) groups excluding carboxylic acids is 1. The molecule has 0 heterocycles. The zero-order valence-corrected chi connectivity index (χ0v) is 20.6. The van der Waals surface area contributed by atoms with E-state index in [1.807, 2.05) is 68.4 Å². The van der Waals surface area contributed by atoms with Gasteiger partial charge < -0.3 is 14.8 Å². The van der Waals surface area contributed by atoms with Crippen LogP contribution < -0.4 is 19.1 Å². The summed E-state index contributed by atoms with van der Waals surface area (Å²) >= 11 is 0. The standard InChI is InChI=1S/C26H30N2O5S/c1-5-32-23-15-11-21(12-16-23)19(2)27-26(29)20(3)28(34(4,30)31)22-13-17-25(18-14-22)33-24-9-7-6-8-10-24/h6-20H,5H2,1-4H3,(H,27,29)/t19-,20+/m0/s1. The molecule has 0 saturated carbocycles. The summed E-state index contributed by atoms with van der Waals surface area (Å²) in [6, 6.07) is 22.0. The number of nitrogens with zero attached hydrogens (tertiary/aromatic N) is 1. The number of rotatable bonds is 10. The van der Waals surface area contributed by atoms with Crippen molar-refractivity contribution in [3.63, 3.8) is 0 Å². The van der Waals surface area contributed by atoms with Crippen molar-refractivity contribution in [1.29, 1.82) is 0 Å². The van der Waals surface area contributed by atoms with Gasteiger partial charge in [0.15, 0.2) is 0 Å². The Morgan fingerprint density at radius 2 is 1.44 bits per heavy atom. The highest BCUT2D eigenvalue weighted by Gasteiger charge is 2.30. The first-order valence-corrected chi connectivity index (χ1v) is 12.9. The normalized spacial score (nSPS) is 12.9. The maximum Gasteiger partial charge on any atom is 0.244 e. The Kier molecular flexibility index (Phi) is 8.17. The summed E-state index contributed by atoms with van der Waals surface area (Å²) in [5, 5.41) is 2.90. The molecule has 180 valence electrons. The summed E-state index contributed by atoms with van der Waals surface area (Å²) < 4.78 is 37.6. The molecule has 3 rings (SSSR count). The minimum Gasteiger partial charge on any atom is -0.494 e. The van der Waals surface area contributed by atoms with Gasteiger partial charge in [0.1, 0.15) is 23.3 Å². The van der Waals surface area contributed by atoms with Crippen LogP contribution in [0.3, 0.4) is 0 Å². The van der Waals surface area contributed by atoms with E-state index in [0.29, 0.717) is 23.8 Å². The van der Waals surface area contributed by atoms with Crippen molar-refractivity contribution in [2.75, 3.05) is 17.2 Å². The third kappa shape index (κ3) is 6.51. The maximum absolute atomic E-state index is 13.0. The van der Waals surface area contributed by atoms with Crippen LogP contribution in [-0.2, 0) is 14.8 Å². The van der Waals surface area contributed by atoms with E-state index in [9.17, 15) is 13.2 Å². The first kappa shape index (κ1) is 25.1. The Bertz CT molecular complexity index is 1180. The summed E-state index contributed by atoms with van der Waals surface area (Å²) in [6.07, 6.45) is 1.08. The molecule has 0 saturated heterocycles. The van der Waals surface area contributed by atoms with Crippen LogP contribution in [0.1, 0.15) is 32.4 Å². The van der Waals surface area contributed by atoms with Gasteiger partial charge in [0, 0.05) is 0 Å². The van der Waals surface area contributed by atoms with E-state index >= 15 is 0 Å². The average Bonchev–Trinajstić information content (AvgIpc) is 2.80. The number of hydrogen-bond donors (Lipinski definition) is 1. The van der Waals surface area contributed by atoms with Gasteiger partial charge in [-0.3, -0.25) is 9.10 Å². The van der Waals surface area contributed by atoms with Crippen LogP contribution in [0.4, 0.5) is 5.69 Å². The predicted octanol–water partition coefficient (Wildman–Crippen LogP) is 4.91. The molecule has 0 aliphatic heterocycles. The third-order valence-corrected chi connectivity index (χ3v) is 6.45. The van der Waals surface area contributed by atoms with Gasteiger partial charge in [-0.2, -0.15) is 0 Å². The molecule has 3 aromatic rings. The smallest absolute Gasteiger partial charge is 0.244 e. The Hall–Kier alpha value is -3.52. The monoisotopic (exact) mass is 482 g/mol. The maximum atomic E-state index is 13.0.